The van der Waals surface area contributed by atoms with Crippen molar-refractivity contribution in [2.24, 2.45) is 5.73 Å². The van der Waals surface area contributed by atoms with Gasteiger partial charge in [-0.2, -0.15) is 10.5 Å². The van der Waals surface area contributed by atoms with Crippen molar-refractivity contribution in [1.82, 2.24) is 4.98 Å². The first-order valence-electron chi connectivity index (χ1n) is 15.6. The van der Waals surface area contributed by atoms with Crippen LogP contribution in [-0.4, -0.2) is 16.7 Å². The summed E-state index contributed by atoms with van der Waals surface area (Å²) in [4.78, 5) is 36.5. The first kappa shape index (κ1) is 37.7. The third kappa shape index (κ3) is 12.1. The van der Waals surface area contributed by atoms with Crippen LogP contribution in [0.5, 0.6) is 11.5 Å². The molecule has 0 aliphatic carbocycles. The number of amides is 1. The summed E-state index contributed by atoms with van der Waals surface area (Å²) >= 11 is 0. The van der Waals surface area contributed by atoms with Crippen molar-refractivity contribution in [2.45, 2.75) is 40.4 Å². The molecule has 0 spiro atoms. The molecule has 1 heterocycles. The van der Waals surface area contributed by atoms with E-state index in [4.69, 9.17) is 20.0 Å². The monoisotopic (exact) mass is 666 g/mol. The quantitative estimate of drug-likeness (QED) is 0.115. The minimum atomic E-state index is -0.572. The molecule has 50 heavy (non-hydrogen) atoms. The van der Waals surface area contributed by atoms with Gasteiger partial charge >= 0.3 is 0 Å². The number of aromatic amines is 1. The lowest BCUT2D eigenvalue weighted by atomic mass is 10.1. The van der Waals surface area contributed by atoms with Crippen molar-refractivity contribution >= 4 is 11.7 Å². The van der Waals surface area contributed by atoms with Crippen LogP contribution in [-0.2, 0) is 18.0 Å². The molecule has 0 atom stereocenters. The van der Waals surface area contributed by atoms with Crippen LogP contribution in [0.3, 0.4) is 0 Å². The van der Waals surface area contributed by atoms with E-state index >= 15 is 0 Å². The van der Waals surface area contributed by atoms with Crippen LogP contribution < -0.4 is 20.8 Å². The highest BCUT2D eigenvalue weighted by Gasteiger charge is 2.12. The van der Waals surface area contributed by atoms with Gasteiger partial charge in [0.25, 0.3) is 5.56 Å². The lowest BCUT2D eigenvalue weighted by molar-refractivity contribution is -0.117. The Morgan fingerprint density at radius 3 is 1.80 bits per heavy atom. The summed E-state index contributed by atoms with van der Waals surface area (Å²) in [7, 11) is 0. The number of allylic oxidation sites excluding steroid dienone is 2. The summed E-state index contributed by atoms with van der Waals surface area (Å²) in [5, 5.41) is 16.7. The number of rotatable bonds is 10. The zero-order valence-electron chi connectivity index (χ0n) is 28.2. The summed E-state index contributed by atoms with van der Waals surface area (Å²) in [5.74, 6) is 0.714. The number of para-hydroxylation sites is 2. The molecule has 1 amide bonds. The van der Waals surface area contributed by atoms with E-state index in [0.29, 0.717) is 41.5 Å². The highest BCUT2D eigenvalue weighted by molar-refractivity contribution is 6.06. The van der Waals surface area contributed by atoms with Gasteiger partial charge in [0.15, 0.2) is 5.78 Å². The Morgan fingerprint density at radius 1 is 0.780 bits per heavy atom. The number of hydrogen-bond donors (Lipinski definition) is 2. The van der Waals surface area contributed by atoms with E-state index in [-0.39, 0.29) is 23.3 Å². The van der Waals surface area contributed by atoms with E-state index in [0.717, 1.165) is 22.3 Å². The number of aromatic nitrogens is 1. The van der Waals surface area contributed by atoms with Crippen molar-refractivity contribution in [1.29, 1.82) is 10.5 Å². The Kier molecular flexibility index (Phi) is 15.0. The first-order chi connectivity index (χ1) is 24.1. The molecule has 0 fully saturated rings. The van der Waals surface area contributed by atoms with Crippen molar-refractivity contribution in [3.8, 4) is 34.9 Å². The fourth-order valence-corrected chi connectivity index (χ4v) is 4.47. The number of ketones is 1. The minimum absolute atomic E-state index is 0.0198. The first-order valence-corrected chi connectivity index (χ1v) is 15.6. The molecule has 0 radical (unpaired) electrons. The zero-order valence-corrected chi connectivity index (χ0v) is 28.2. The molecule has 0 aliphatic heterocycles. The average Bonchev–Trinajstić information content (AvgIpc) is 3.11. The number of ether oxygens (including phenoxy) is 2. The number of nitrogens with one attached hydrogen (secondary N) is 1. The number of aryl methyl sites for hydroxylation is 1. The number of nitrogens with zero attached hydrogens (tertiary/aromatic N) is 2. The summed E-state index contributed by atoms with van der Waals surface area (Å²) in [6, 6.07) is 40.0. The summed E-state index contributed by atoms with van der Waals surface area (Å²) in [6.07, 6.45) is 1.45. The van der Waals surface area contributed by atoms with Gasteiger partial charge in [0, 0.05) is 5.56 Å². The highest BCUT2D eigenvalue weighted by atomic mass is 16.5. The Bertz CT molecular complexity index is 2050. The molecule has 0 aliphatic rings. The molecular weight excluding hydrogens is 628 g/mol. The van der Waals surface area contributed by atoms with Gasteiger partial charge in [-0.15, -0.1) is 0 Å². The largest absolute Gasteiger partial charge is 0.488 e. The second kappa shape index (κ2) is 19.8. The van der Waals surface area contributed by atoms with Gasteiger partial charge in [0.2, 0.25) is 5.91 Å². The molecule has 5 aromatic rings. The molecule has 0 saturated carbocycles. The average molecular weight is 667 g/mol. The molecule has 252 valence electrons. The lowest BCUT2D eigenvalue weighted by Gasteiger charge is -2.12. The highest BCUT2D eigenvalue weighted by Crippen LogP contribution is 2.29. The number of H-pyrrole nitrogens is 1. The fraction of sp³-hybridized carbons (Fsp3) is 0.146. The number of pyridine rings is 1. The van der Waals surface area contributed by atoms with Gasteiger partial charge in [-0.3, -0.25) is 14.4 Å². The molecule has 0 bridgehead atoms. The summed E-state index contributed by atoms with van der Waals surface area (Å²) in [5.41, 5.74) is 10.1. The Labute approximate surface area is 291 Å². The Hall–Kier alpha value is -6.71. The SMILES string of the molecule is CC(C)=CC(=O)c1ccccc1OCc1ccccc1.Cc1cc(-c2ccccc2OCc2ccccc2)[nH]c(=O)c1C#N.N#CCC(N)=O. The molecule has 1 aromatic heterocycles. The zero-order chi connectivity index (χ0) is 36.3. The predicted octanol–water partition coefficient (Wildman–Crippen LogP) is 7.60. The Balaban J connectivity index is 0.000000236. The van der Waals surface area contributed by atoms with Gasteiger partial charge in [0.1, 0.15) is 42.8 Å². The van der Waals surface area contributed by atoms with E-state index < -0.39 is 5.91 Å². The molecular formula is C41H38N4O5. The van der Waals surface area contributed by atoms with Crippen LogP contribution in [0.15, 0.2) is 132 Å². The van der Waals surface area contributed by atoms with Gasteiger partial charge in [-0.25, -0.2) is 0 Å². The van der Waals surface area contributed by atoms with Crippen LogP contribution in [0.1, 0.15) is 52.9 Å². The molecule has 0 unspecified atom stereocenters. The smallest absolute Gasteiger partial charge is 0.266 e. The minimum Gasteiger partial charge on any atom is -0.488 e. The van der Waals surface area contributed by atoms with Crippen LogP contribution in [0.4, 0.5) is 0 Å². The van der Waals surface area contributed by atoms with E-state index in [2.05, 4.69) is 10.7 Å². The maximum atomic E-state index is 12.1. The summed E-state index contributed by atoms with van der Waals surface area (Å²) in [6.45, 7) is 6.47. The van der Waals surface area contributed by atoms with Crippen LogP contribution in [0.25, 0.3) is 11.3 Å². The van der Waals surface area contributed by atoms with E-state index in [9.17, 15) is 14.4 Å². The predicted molar refractivity (Wildman–Crippen MR) is 193 cm³/mol. The standard InChI is InChI=1S/C20H16N2O2.C18H18O2.C3H4N2O/c1-14-11-18(22-20(23)17(14)12-21)16-9-5-6-10-19(16)24-13-15-7-3-2-4-8-15;1-14(2)12-17(19)16-10-6-7-11-18(16)20-13-15-8-4-3-5-9-15;4-2-1-3(5)6/h2-11H,13H2,1H3,(H,22,23);3-12H,13H2,1-2H3;1H2,(H2,5,6). The van der Waals surface area contributed by atoms with Gasteiger partial charge < -0.3 is 20.2 Å². The maximum Gasteiger partial charge on any atom is 0.266 e. The van der Waals surface area contributed by atoms with Crippen molar-refractivity contribution in [3.63, 3.8) is 0 Å². The maximum absolute atomic E-state index is 12.1. The van der Waals surface area contributed by atoms with Crippen molar-refractivity contribution in [3.05, 3.63) is 165 Å². The number of primary amides is 1. The third-order valence-electron chi connectivity index (χ3n) is 6.82. The van der Waals surface area contributed by atoms with Gasteiger partial charge in [0.05, 0.1) is 17.3 Å². The normalized spacial score (nSPS) is 9.62. The number of nitrogens with two attached hydrogens (primary N) is 1. The number of carbonyl (C=O) groups is 2. The number of benzene rings is 4. The molecule has 9 heteroatoms. The number of nitriles is 2. The van der Waals surface area contributed by atoms with Gasteiger partial charge in [-0.05, 0) is 73.9 Å². The number of carbonyl (C=O) groups excluding carboxylic acids is 2. The Morgan fingerprint density at radius 2 is 1.30 bits per heavy atom. The van der Waals surface area contributed by atoms with Gasteiger partial charge in [-0.1, -0.05) is 90.5 Å². The fourth-order valence-electron chi connectivity index (χ4n) is 4.47. The van der Waals surface area contributed by atoms with Crippen molar-refractivity contribution in [2.75, 3.05) is 0 Å². The second-order valence-electron chi connectivity index (χ2n) is 11.1. The topological polar surface area (TPSA) is 159 Å². The molecule has 3 N–H and O–H groups in total. The van der Waals surface area contributed by atoms with Crippen molar-refractivity contribution < 1.29 is 19.1 Å². The third-order valence-corrected chi connectivity index (χ3v) is 6.82. The van der Waals surface area contributed by atoms with E-state index in [1.807, 2.05) is 123 Å². The van der Waals surface area contributed by atoms with Crippen LogP contribution in [0.2, 0.25) is 0 Å². The number of hydrogen-bond acceptors (Lipinski definition) is 7. The van der Waals surface area contributed by atoms with E-state index in [1.165, 1.54) is 0 Å². The molecule has 9 nitrogen and oxygen atoms in total. The molecule has 4 aromatic carbocycles. The second-order valence-corrected chi connectivity index (χ2v) is 11.1. The van der Waals surface area contributed by atoms with Crippen LogP contribution >= 0.6 is 0 Å². The molecule has 5 rings (SSSR count). The molecule has 0 saturated heterocycles. The van der Waals surface area contributed by atoms with Crippen LogP contribution in [0, 0.1) is 29.6 Å². The van der Waals surface area contributed by atoms with E-state index in [1.54, 1.807) is 31.2 Å². The summed E-state index contributed by atoms with van der Waals surface area (Å²) < 4.78 is 11.7. The lowest BCUT2D eigenvalue weighted by Crippen LogP contribution is -2.13.